The molecule has 3 nitrogen and oxygen atoms in total. The van der Waals surface area contributed by atoms with Crippen molar-refractivity contribution in [1.82, 2.24) is 4.90 Å². The number of rotatable bonds is 2. The van der Waals surface area contributed by atoms with E-state index in [1.807, 2.05) is 30.3 Å². The number of carbonyl (C=O) groups excluding carboxylic acids is 1. The Kier molecular flexibility index (Phi) is 4.43. The molecule has 1 amide bonds. The highest BCUT2D eigenvalue weighted by molar-refractivity contribution is 9.10. The van der Waals surface area contributed by atoms with E-state index in [-0.39, 0.29) is 18.5 Å². The van der Waals surface area contributed by atoms with E-state index in [2.05, 4.69) is 15.9 Å². The quantitative estimate of drug-likeness (QED) is 0.796. The van der Waals surface area contributed by atoms with E-state index >= 15 is 0 Å². The number of fused-ring (bicyclic) bond motifs is 1. The molecule has 1 heterocycles. The second-order valence-electron chi connectivity index (χ2n) is 5.21. The van der Waals surface area contributed by atoms with Crippen molar-refractivity contribution in [2.45, 2.75) is 19.6 Å². The van der Waals surface area contributed by atoms with Crippen molar-refractivity contribution in [2.24, 2.45) is 0 Å². The van der Waals surface area contributed by atoms with Gasteiger partial charge in [0.1, 0.15) is 12.4 Å². The van der Waals surface area contributed by atoms with Gasteiger partial charge in [-0.3, -0.25) is 0 Å². The molecule has 0 aromatic heterocycles. The molecule has 0 unspecified atom stereocenters. The summed E-state index contributed by atoms with van der Waals surface area (Å²) < 4.78 is 19.4. The molecule has 0 radical (unpaired) electrons. The fourth-order valence-electron chi connectivity index (χ4n) is 2.53. The average Bonchev–Trinajstić information content (AvgIpc) is 2.57. The van der Waals surface area contributed by atoms with Crippen molar-refractivity contribution in [3.63, 3.8) is 0 Å². The minimum atomic E-state index is -0.370. The zero-order chi connectivity index (χ0) is 15.5. The number of carbonyl (C=O) groups is 1. The smallest absolute Gasteiger partial charge is 0.410 e. The van der Waals surface area contributed by atoms with Crippen molar-refractivity contribution in [3.05, 3.63) is 69.4 Å². The summed E-state index contributed by atoms with van der Waals surface area (Å²) in [6.07, 6.45) is 0.333. The summed E-state index contributed by atoms with van der Waals surface area (Å²) in [7, 11) is 0. The molecule has 1 aliphatic heterocycles. The van der Waals surface area contributed by atoms with E-state index < -0.39 is 0 Å². The van der Waals surface area contributed by atoms with Crippen molar-refractivity contribution in [3.8, 4) is 0 Å². The fraction of sp³-hybridized carbons (Fsp3) is 0.235. The molecule has 0 N–H and O–H groups in total. The van der Waals surface area contributed by atoms with Gasteiger partial charge in [-0.05, 0) is 45.1 Å². The summed E-state index contributed by atoms with van der Waals surface area (Å²) in [5.41, 5.74) is 2.84. The topological polar surface area (TPSA) is 29.5 Å². The second-order valence-corrected chi connectivity index (χ2v) is 6.00. The number of amides is 1. The van der Waals surface area contributed by atoms with Crippen LogP contribution in [0.3, 0.4) is 0 Å². The van der Waals surface area contributed by atoms with Crippen molar-refractivity contribution in [2.75, 3.05) is 6.54 Å². The summed E-state index contributed by atoms with van der Waals surface area (Å²) in [6.45, 7) is 1.19. The molecule has 2 aromatic carbocycles. The number of ether oxygens (including phenoxy) is 1. The monoisotopic (exact) mass is 363 g/mol. The van der Waals surface area contributed by atoms with E-state index in [1.54, 1.807) is 11.0 Å². The molecular weight excluding hydrogens is 349 g/mol. The summed E-state index contributed by atoms with van der Waals surface area (Å²) >= 11 is 3.26. The maximum absolute atomic E-state index is 13.6. The van der Waals surface area contributed by atoms with Crippen LogP contribution in [0.4, 0.5) is 9.18 Å². The Morgan fingerprint density at radius 3 is 2.77 bits per heavy atom. The maximum Gasteiger partial charge on any atom is 0.410 e. The molecule has 114 valence electrons. The predicted molar refractivity (Wildman–Crippen MR) is 84.8 cm³/mol. The third kappa shape index (κ3) is 3.14. The summed E-state index contributed by atoms with van der Waals surface area (Å²) in [6, 6.07) is 12.8. The molecule has 0 spiro atoms. The molecule has 3 rings (SSSR count). The molecule has 0 saturated heterocycles. The van der Waals surface area contributed by atoms with Gasteiger partial charge in [-0.15, -0.1) is 0 Å². The Morgan fingerprint density at radius 1 is 1.23 bits per heavy atom. The molecule has 0 bridgehead atoms. The number of nitrogens with zero attached hydrogens (tertiary/aromatic N) is 1. The third-order valence-corrected chi connectivity index (χ3v) is 4.61. The molecule has 22 heavy (non-hydrogen) atoms. The minimum absolute atomic E-state index is 0.243. The van der Waals surface area contributed by atoms with Gasteiger partial charge in [0.2, 0.25) is 0 Å². The lowest BCUT2D eigenvalue weighted by Gasteiger charge is -2.29. The third-order valence-electron chi connectivity index (χ3n) is 3.76. The van der Waals surface area contributed by atoms with Gasteiger partial charge in [0, 0.05) is 6.54 Å². The standard InChI is InChI=1S/C17H15BrFNO2/c18-16-14-10-20(9-8-13(14)6-7-15(16)19)17(21)22-11-12-4-2-1-3-5-12/h1-7H,8-11H2. The first-order valence-electron chi connectivity index (χ1n) is 7.06. The number of hydrogen-bond donors (Lipinski definition) is 0. The lowest BCUT2D eigenvalue weighted by molar-refractivity contribution is 0.0917. The van der Waals surface area contributed by atoms with Crippen molar-refractivity contribution < 1.29 is 13.9 Å². The lowest BCUT2D eigenvalue weighted by atomic mass is 10.00. The van der Waals surface area contributed by atoms with Crippen LogP contribution in [0.1, 0.15) is 16.7 Å². The molecule has 0 atom stereocenters. The molecule has 1 aliphatic rings. The second kappa shape index (κ2) is 6.48. The van der Waals surface area contributed by atoms with Crippen LogP contribution in [-0.2, 0) is 24.3 Å². The highest BCUT2D eigenvalue weighted by Crippen LogP contribution is 2.29. The highest BCUT2D eigenvalue weighted by Gasteiger charge is 2.24. The first kappa shape index (κ1) is 15.0. The first-order valence-corrected chi connectivity index (χ1v) is 7.86. The predicted octanol–water partition coefficient (Wildman–Crippen LogP) is 4.28. The summed E-state index contributed by atoms with van der Waals surface area (Å²) in [4.78, 5) is 13.8. The van der Waals surface area contributed by atoms with Crippen molar-refractivity contribution in [1.29, 1.82) is 0 Å². The number of halogens is 2. The van der Waals surface area contributed by atoms with E-state index in [1.165, 1.54) is 6.07 Å². The van der Waals surface area contributed by atoms with Crippen LogP contribution < -0.4 is 0 Å². The van der Waals surface area contributed by atoms with Gasteiger partial charge in [0.05, 0.1) is 11.0 Å². The van der Waals surface area contributed by atoms with Gasteiger partial charge in [0.15, 0.2) is 0 Å². The van der Waals surface area contributed by atoms with Crippen LogP contribution in [0.15, 0.2) is 46.9 Å². The minimum Gasteiger partial charge on any atom is -0.445 e. The largest absolute Gasteiger partial charge is 0.445 e. The summed E-state index contributed by atoms with van der Waals surface area (Å²) in [5, 5.41) is 0. The lowest BCUT2D eigenvalue weighted by Crippen LogP contribution is -2.36. The van der Waals surface area contributed by atoms with Crippen LogP contribution in [0.5, 0.6) is 0 Å². The SMILES string of the molecule is O=C(OCc1ccccc1)N1CCc2ccc(F)c(Br)c2C1. The van der Waals surface area contributed by atoms with E-state index in [9.17, 15) is 9.18 Å². The van der Waals surface area contributed by atoms with Crippen LogP contribution in [0, 0.1) is 5.82 Å². The van der Waals surface area contributed by atoms with E-state index in [0.29, 0.717) is 24.0 Å². The molecule has 0 saturated carbocycles. The average molecular weight is 364 g/mol. The van der Waals surface area contributed by atoms with Gasteiger partial charge in [0.25, 0.3) is 0 Å². The fourth-order valence-corrected chi connectivity index (χ4v) is 3.04. The summed E-state index contributed by atoms with van der Waals surface area (Å²) in [5.74, 6) is -0.307. The van der Waals surface area contributed by atoms with Crippen molar-refractivity contribution >= 4 is 22.0 Å². The van der Waals surface area contributed by atoms with E-state index in [4.69, 9.17) is 4.74 Å². The van der Waals surface area contributed by atoms with Crippen LogP contribution in [0.2, 0.25) is 0 Å². The number of benzene rings is 2. The van der Waals surface area contributed by atoms with Gasteiger partial charge in [-0.25, -0.2) is 9.18 Å². The molecular formula is C17H15BrFNO2. The Hall–Kier alpha value is -1.88. The van der Waals surface area contributed by atoms with Gasteiger partial charge < -0.3 is 9.64 Å². The van der Waals surface area contributed by atoms with E-state index in [0.717, 1.165) is 16.7 Å². The Labute approximate surface area is 136 Å². The van der Waals surface area contributed by atoms with Crippen LogP contribution >= 0.6 is 15.9 Å². The van der Waals surface area contributed by atoms with Crippen LogP contribution in [-0.4, -0.2) is 17.5 Å². The van der Waals surface area contributed by atoms with Gasteiger partial charge in [-0.1, -0.05) is 36.4 Å². The van der Waals surface area contributed by atoms with Gasteiger partial charge in [-0.2, -0.15) is 0 Å². The normalized spacial score (nSPS) is 13.6. The molecule has 2 aromatic rings. The van der Waals surface area contributed by atoms with Gasteiger partial charge >= 0.3 is 6.09 Å². The Balaban J connectivity index is 1.66. The Morgan fingerprint density at radius 2 is 2.00 bits per heavy atom. The molecule has 0 aliphatic carbocycles. The highest BCUT2D eigenvalue weighted by atomic mass is 79.9. The first-order chi connectivity index (χ1) is 10.6. The zero-order valence-corrected chi connectivity index (χ0v) is 13.5. The van der Waals surface area contributed by atoms with Crippen LogP contribution in [0.25, 0.3) is 0 Å². The number of hydrogen-bond acceptors (Lipinski definition) is 2. The Bertz CT molecular complexity index is 691. The zero-order valence-electron chi connectivity index (χ0n) is 11.9. The molecule has 0 fully saturated rings. The molecule has 5 heteroatoms. The maximum atomic E-state index is 13.6.